The van der Waals surface area contributed by atoms with E-state index in [0.29, 0.717) is 37.1 Å². The van der Waals surface area contributed by atoms with Crippen LogP contribution in [0.25, 0.3) is 0 Å². The van der Waals surface area contributed by atoms with Crippen molar-refractivity contribution < 1.29 is 9.94 Å². The first-order chi connectivity index (χ1) is 7.13. The summed E-state index contributed by atoms with van der Waals surface area (Å²) in [7, 11) is 1.33. The van der Waals surface area contributed by atoms with Gasteiger partial charge >= 0.3 is 0 Å². The zero-order valence-corrected chi connectivity index (χ0v) is 8.39. The average molecular weight is 212 g/mol. The number of anilines is 2. The lowest BCUT2D eigenvalue weighted by Crippen LogP contribution is -2.48. The minimum atomic E-state index is -0.624. The molecular formula is C9H12N2O4. The molecule has 2 rings (SSSR count). The van der Waals surface area contributed by atoms with Gasteiger partial charge in [0.1, 0.15) is 11.4 Å². The summed E-state index contributed by atoms with van der Waals surface area (Å²) in [5, 5.41) is 9.91. The van der Waals surface area contributed by atoms with Crippen molar-refractivity contribution in [2.45, 2.75) is 0 Å². The molecule has 0 saturated carbocycles. The standard InChI is InChI=1S/C9H12N2O4/c1-10(14)6-7(9(13)8(6)12)11-2-4-15-5-3-11/h14H,2-5H2,1H3. The maximum absolute atomic E-state index is 11.3. The summed E-state index contributed by atoms with van der Waals surface area (Å²) in [6.07, 6.45) is 0. The number of hydroxylamine groups is 1. The second kappa shape index (κ2) is 3.63. The second-order valence-corrected chi connectivity index (χ2v) is 3.48. The lowest BCUT2D eigenvalue weighted by atomic mass is 10.1. The highest BCUT2D eigenvalue weighted by molar-refractivity contribution is 5.75. The number of morpholine rings is 1. The Balaban J connectivity index is 2.31. The van der Waals surface area contributed by atoms with Crippen LogP contribution < -0.4 is 20.8 Å². The molecule has 1 saturated heterocycles. The van der Waals surface area contributed by atoms with Gasteiger partial charge in [0.25, 0.3) is 10.9 Å². The van der Waals surface area contributed by atoms with Gasteiger partial charge in [0.2, 0.25) is 0 Å². The molecule has 1 N–H and O–H groups in total. The van der Waals surface area contributed by atoms with Gasteiger partial charge in [-0.25, -0.2) is 0 Å². The van der Waals surface area contributed by atoms with Crippen LogP contribution in [0.1, 0.15) is 0 Å². The van der Waals surface area contributed by atoms with Crippen LogP contribution >= 0.6 is 0 Å². The zero-order valence-electron chi connectivity index (χ0n) is 8.39. The molecule has 1 aromatic rings. The highest BCUT2D eigenvalue weighted by atomic mass is 16.5. The Bertz CT molecular complexity index is 427. The van der Waals surface area contributed by atoms with E-state index in [1.165, 1.54) is 7.05 Å². The van der Waals surface area contributed by atoms with Crippen LogP contribution in [0.5, 0.6) is 0 Å². The first kappa shape index (κ1) is 10.1. The maximum atomic E-state index is 11.3. The zero-order chi connectivity index (χ0) is 11.0. The van der Waals surface area contributed by atoms with Crippen molar-refractivity contribution in [2.75, 3.05) is 43.3 Å². The van der Waals surface area contributed by atoms with Crippen LogP contribution in [-0.4, -0.2) is 38.6 Å². The minimum Gasteiger partial charge on any atom is -0.378 e. The molecule has 0 bridgehead atoms. The molecule has 1 heterocycles. The summed E-state index contributed by atoms with van der Waals surface area (Å²) in [5.74, 6) is 0. The molecule has 1 aliphatic rings. The second-order valence-electron chi connectivity index (χ2n) is 3.48. The predicted octanol–water partition coefficient (Wildman–Crippen LogP) is -1.06. The van der Waals surface area contributed by atoms with Crippen molar-refractivity contribution >= 4 is 11.4 Å². The van der Waals surface area contributed by atoms with Gasteiger partial charge in [-0.15, -0.1) is 0 Å². The first-order valence-corrected chi connectivity index (χ1v) is 4.71. The van der Waals surface area contributed by atoms with Gasteiger partial charge in [-0.05, 0) is 0 Å². The van der Waals surface area contributed by atoms with E-state index in [1.54, 1.807) is 4.90 Å². The fraction of sp³-hybridized carbons (Fsp3) is 0.556. The van der Waals surface area contributed by atoms with E-state index < -0.39 is 10.9 Å². The topological polar surface area (TPSA) is 70.1 Å². The Morgan fingerprint density at radius 2 is 1.87 bits per heavy atom. The Kier molecular flexibility index (Phi) is 2.45. The van der Waals surface area contributed by atoms with E-state index in [1.807, 2.05) is 0 Å². The van der Waals surface area contributed by atoms with Crippen LogP contribution in [0.3, 0.4) is 0 Å². The molecule has 0 radical (unpaired) electrons. The van der Waals surface area contributed by atoms with Gasteiger partial charge in [-0.2, -0.15) is 0 Å². The van der Waals surface area contributed by atoms with Crippen molar-refractivity contribution in [2.24, 2.45) is 0 Å². The molecule has 15 heavy (non-hydrogen) atoms. The fourth-order valence-electron chi connectivity index (χ4n) is 1.75. The SMILES string of the molecule is CN(O)c1c(N2CCOCC2)c(=O)c1=O. The van der Waals surface area contributed by atoms with Crippen molar-refractivity contribution in [1.82, 2.24) is 0 Å². The smallest absolute Gasteiger partial charge is 0.255 e. The summed E-state index contributed by atoms with van der Waals surface area (Å²) in [6, 6.07) is 0. The molecule has 6 nitrogen and oxygen atoms in total. The van der Waals surface area contributed by atoms with Gasteiger partial charge in [0.05, 0.1) is 13.2 Å². The van der Waals surface area contributed by atoms with Gasteiger partial charge in [-0.3, -0.25) is 19.9 Å². The Hall–Kier alpha value is -1.40. The maximum Gasteiger partial charge on any atom is 0.255 e. The Labute approximate surface area is 85.9 Å². The fourth-order valence-corrected chi connectivity index (χ4v) is 1.75. The lowest BCUT2D eigenvalue weighted by Gasteiger charge is -2.31. The predicted molar refractivity (Wildman–Crippen MR) is 54.6 cm³/mol. The van der Waals surface area contributed by atoms with E-state index in [9.17, 15) is 14.8 Å². The Morgan fingerprint density at radius 1 is 1.27 bits per heavy atom. The average Bonchev–Trinajstić information content (AvgIpc) is 2.25. The van der Waals surface area contributed by atoms with Crippen LogP contribution in [0.4, 0.5) is 11.4 Å². The van der Waals surface area contributed by atoms with Crippen LogP contribution in [0, 0.1) is 0 Å². The van der Waals surface area contributed by atoms with Crippen LogP contribution in [0.15, 0.2) is 9.59 Å². The molecule has 1 aliphatic heterocycles. The van der Waals surface area contributed by atoms with Gasteiger partial charge in [-0.1, -0.05) is 0 Å². The molecule has 82 valence electrons. The molecule has 0 atom stereocenters. The van der Waals surface area contributed by atoms with E-state index >= 15 is 0 Å². The van der Waals surface area contributed by atoms with Crippen molar-refractivity contribution in [3.63, 3.8) is 0 Å². The van der Waals surface area contributed by atoms with E-state index in [4.69, 9.17) is 4.74 Å². The summed E-state index contributed by atoms with van der Waals surface area (Å²) in [6.45, 7) is 2.22. The molecule has 0 aromatic heterocycles. The van der Waals surface area contributed by atoms with E-state index in [2.05, 4.69) is 0 Å². The van der Waals surface area contributed by atoms with Gasteiger partial charge < -0.3 is 9.64 Å². The quantitative estimate of drug-likeness (QED) is 0.498. The lowest BCUT2D eigenvalue weighted by molar-refractivity contribution is 0.122. The third-order valence-electron chi connectivity index (χ3n) is 2.51. The number of hydrogen-bond acceptors (Lipinski definition) is 6. The number of ether oxygens (including phenoxy) is 1. The monoisotopic (exact) mass is 212 g/mol. The third-order valence-corrected chi connectivity index (χ3v) is 2.51. The summed E-state index contributed by atoms with van der Waals surface area (Å²) >= 11 is 0. The molecular weight excluding hydrogens is 200 g/mol. The van der Waals surface area contributed by atoms with Crippen LogP contribution in [-0.2, 0) is 4.74 Å². The van der Waals surface area contributed by atoms with Gasteiger partial charge in [0, 0.05) is 20.1 Å². The van der Waals surface area contributed by atoms with E-state index in [-0.39, 0.29) is 5.69 Å². The summed E-state index contributed by atoms with van der Waals surface area (Å²) in [4.78, 5) is 24.3. The summed E-state index contributed by atoms with van der Waals surface area (Å²) < 4.78 is 5.14. The largest absolute Gasteiger partial charge is 0.378 e. The number of rotatable bonds is 2. The molecule has 0 aliphatic carbocycles. The van der Waals surface area contributed by atoms with Crippen LogP contribution in [0.2, 0.25) is 0 Å². The molecule has 1 aromatic carbocycles. The van der Waals surface area contributed by atoms with Gasteiger partial charge in [0.15, 0.2) is 0 Å². The highest BCUT2D eigenvalue weighted by Crippen LogP contribution is 2.22. The van der Waals surface area contributed by atoms with Crippen molar-refractivity contribution in [3.05, 3.63) is 20.4 Å². The minimum absolute atomic E-state index is 0.0851. The highest BCUT2D eigenvalue weighted by Gasteiger charge is 2.28. The number of nitrogens with zero attached hydrogens (tertiary/aromatic N) is 2. The summed E-state index contributed by atoms with van der Waals surface area (Å²) in [5.41, 5.74) is -0.746. The molecule has 0 spiro atoms. The molecule has 1 fully saturated rings. The first-order valence-electron chi connectivity index (χ1n) is 4.71. The molecule has 0 unspecified atom stereocenters. The van der Waals surface area contributed by atoms with Crippen molar-refractivity contribution in [3.8, 4) is 0 Å². The normalized spacial score (nSPS) is 17.1. The third kappa shape index (κ3) is 1.51. The molecule has 6 heteroatoms. The molecule has 0 amide bonds. The number of hydrogen-bond donors (Lipinski definition) is 1. The Morgan fingerprint density at radius 3 is 2.40 bits per heavy atom. The van der Waals surface area contributed by atoms with Crippen molar-refractivity contribution in [1.29, 1.82) is 0 Å². The van der Waals surface area contributed by atoms with E-state index in [0.717, 1.165) is 0 Å².